The smallest absolute Gasteiger partial charge is 0.251 e. The number of aromatic hydroxyl groups is 2. The van der Waals surface area contributed by atoms with Crippen molar-refractivity contribution < 1.29 is 15.0 Å². The molecule has 0 spiro atoms. The van der Waals surface area contributed by atoms with Crippen molar-refractivity contribution in [1.29, 1.82) is 0 Å². The van der Waals surface area contributed by atoms with Crippen LogP contribution in [-0.2, 0) is 0 Å². The third-order valence-electron chi connectivity index (χ3n) is 4.19. The molecule has 0 aromatic heterocycles. The van der Waals surface area contributed by atoms with E-state index in [-0.39, 0.29) is 23.4 Å². The van der Waals surface area contributed by atoms with Gasteiger partial charge < -0.3 is 15.5 Å². The highest BCUT2D eigenvalue weighted by atomic mass is 16.3. The Morgan fingerprint density at radius 2 is 1.79 bits per heavy atom. The highest BCUT2D eigenvalue weighted by Gasteiger charge is 2.28. The Bertz CT molecular complexity index is 452. The van der Waals surface area contributed by atoms with Crippen LogP contribution in [0.1, 0.15) is 43.5 Å². The second-order valence-corrected chi connectivity index (χ2v) is 5.59. The van der Waals surface area contributed by atoms with Gasteiger partial charge in [-0.05, 0) is 30.4 Å². The summed E-state index contributed by atoms with van der Waals surface area (Å²) in [6.45, 7) is 4.37. The van der Waals surface area contributed by atoms with Gasteiger partial charge in [-0.1, -0.05) is 26.7 Å². The van der Waals surface area contributed by atoms with Crippen LogP contribution in [0.4, 0.5) is 0 Å². The van der Waals surface area contributed by atoms with Gasteiger partial charge in [0.05, 0.1) is 0 Å². The molecular weight excluding hydrogens is 242 g/mol. The number of carbonyl (C=O) groups is 1. The van der Waals surface area contributed by atoms with Gasteiger partial charge in [0.15, 0.2) is 0 Å². The summed E-state index contributed by atoms with van der Waals surface area (Å²) >= 11 is 0. The van der Waals surface area contributed by atoms with Crippen LogP contribution in [0.15, 0.2) is 18.2 Å². The van der Waals surface area contributed by atoms with E-state index in [4.69, 9.17) is 0 Å². The topological polar surface area (TPSA) is 69.6 Å². The molecule has 4 nitrogen and oxygen atoms in total. The number of amides is 1. The Labute approximate surface area is 113 Å². The maximum absolute atomic E-state index is 12.1. The third kappa shape index (κ3) is 3.19. The molecule has 1 fully saturated rings. The second kappa shape index (κ2) is 5.51. The standard InChI is InChI=1S/C15H21NO3/c1-9-4-3-5-14(10(9)2)16-15(19)11-6-12(17)8-13(18)7-11/h6-10,14,17-18H,3-5H2,1-2H3,(H,16,19). The maximum atomic E-state index is 12.1. The van der Waals surface area contributed by atoms with Crippen molar-refractivity contribution in [1.82, 2.24) is 5.32 Å². The highest BCUT2D eigenvalue weighted by Crippen LogP contribution is 2.30. The van der Waals surface area contributed by atoms with Gasteiger partial charge >= 0.3 is 0 Å². The van der Waals surface area contributed by atoms with Crippen LogP contribution in [0.25, 0.3) is 0 Å². The molecule has 3 atom stereocenters. The molecule has 19 heavy (non-hydrogen) atoms. The molecule has 3 N–H and O–H groups in total. The van der Waals surface area contributed by atoms with Crippen molar-refractivity contribution in [3.63, 3.8) is 0 Å². The monoisotopic (exact) mass is 263 g/mol. The number of phenols is 2. The molecule has 1 amide bonds. The molecule has 1 saturated carbocycles. The summed E-state index contributed by atoms with van der Waals surface area (Å²) in [5.41, 5.74) is 0.294. The lowest BCUT2D eigenvalue weighted by atomic mass is 9.78. The van der Waals surface area contributed by atoms with Gasteiger partial charge in [0, 0.05) is 17.7 Å². The average Bonchev–Trinajstić information content (AvgIpc) is 2.33. The quantitative estimate of drug-likeness (QED) is 0.768. The van der Waals surface area contributed by atoms with E-state index < -0.39 is 0 Å². The summed E-state index contributed by atoms with van der Waals surface area (Å²) in [5.74, 6) is 0.614. The summed E-state index contributed by atoms with van der Waals surface area (Å²) in [6, 6.07) is 4.11. The first-order chi connectivity index (χ1) is 8.97. The largest absolute Gasteiger partial charge is 0.508 e. The zero-order valence-electron chi connectivity index (χ0n) is 11.4. The van der Waals surface area contributed by atoms with Gasteiger partial charge in [-0.25, -0.2) is 0 Å². The first-order valence-corrected chi connectivity index (χ1v) is 6.81. The summed E-state index contributed by atoms with van der Waals surface area (Å²) in [7, 11) is 0. The van der Waals surface area contributed by atoms with E-state index in [2.05, 4.69) is 19.2 Å². The molecular formula is C15H21NO3. The molecule has 1 aliphatic rings. The first kappa shape index (κ1) is 13.7. The third-order valence-corrected chi connectivity index (χ3v) is 4.19. The molecule has 0 saturated heterocycles. The van der Waals surface area contributed by atoms with Crippen LogP contribution in [0, 0.1) is 11.8 Å². The average molecular weight is 263 g/mol. The van der Waals surface area contributed by atoms with Crippen molar-refractivity contribution in [2.24, 2.45) is 11.8 Å². The molecule has 0 radical (unpaired) electrons. The molecule has 1 aliphatic carbocycles. The van der Waals surface area contributed by atoms with Crippen LogP contribution in [0.2, 0.25) is 0 Å². The van der Waals surface area contributed by atoms with E-state index in [1.54, 1.807) is 0 Å². The molecule has 0 heterocycles. The summed E-state index contributed by atoms with van der Waals surface area (Å²) in [4.78, 5) is 12.1. The van der Waals surface area contributed by atoms with E-state index >= 15 is 0 Å². The predicted molar refractivity (Wildman–Crippen MR) is 73.2 cm³/mol. The van der Waals surface area contributed by atoms with E-state index in [1.807, 2.05) is 0 Å². The fraction of sp³-hybridized carbons (Fsp3) is 0.533. The molecule has 0 bridgehead atoms. The van der Waals surface area contributed by atoms with Gasteiger partial charge in [0.2, 0.25) is 0 Å². The highest BCUT2D eigenvalue weighted by molar-refractivity contribution is 5.95. The molecule has 2 rings (SSSR count). The number of carbonyl (C=O) groups excluding carboxylic acids is 1. The zero-order chi connectivity index (χ0) is 14.0. The number of phenolic OH excluding ortho intramolecular Hbond substituents is 2. The van der Waals surface area contributed by atoms with Crippen molar-refractivity contribution in [3.05, 3.63) is 23.8 Å². The van der Waals surface area contributed by atoms with E-state index in [0.717, 1.165) is 12.8 Å². The van der Waals surface area contributed by atoms with Crippen molar-refractivity contribution in [2.75, 3.05) is 0 Å². The Morgan fingerprint density at radius 3 is 2.42 bits per heavy atom. The lowest BCUT2D eigenvalue weighted by Gasteiger charge is -2.34. The summed E-state index contributed by atoms with van der Waals surface area (Å²) in [5, 5.41) is 21.8. The zero-order valence-corrected chi connectivity index (χ0v) is 11.4. The van der Waals surface area contributed by atoms with Crippen LogP contribution in [-0.4, -0.2) is 22.2 Å². The van der Waals surface area contributed by atoms with Crippen molar-refractivity contribution in [3.8, 4) is 11.5 Å². The van der Waals surface area contributed by atoms with E-state index in [1.165, 1.54) is 24.6 Å². The normalized spacial score (nSPS) is 26.9. The molecule has 104 valence electrons. The minimum absolute atomic E-state index is 0.102. The minimum atomic E-state index is -0.239. The summed E-state index contributed by atoms with van der Waals surface area (Å²) in [6.07, 6.45) is 3.32. The Morgan fingerprint density at radius 1 is 1.16 bits per heavy atom. The Kier molecular flexibility index (Phi) is 3.98. The van der Waals surface area contributed by atoms with E-state index in [9.17, 15) is 15.0 Å². The van der Waals surface area contributed by atoms with Gasteiger partial charge in [-0.15, -0.1) is 0 Å². The number of hydrogen-bond donors (Lipinski definition) is 3. The predicted octanol–water partition coefficient (Wildman–Crippen LogP) is 2.65. The molecule has 3 unspecified atom stereocenters. The number of hydrogen-bond acceptors (Lipinski definition) is 3. The Hall–Kier alpha value is -1.71. The fourth-order valence-corrected chi connectivity index (χ4v) is 2.76. The van der Waals surface area contributed by atoms with Gasteiger partial charge in [-0.3, -0.25) is 4.79 Å². The lowest BCUT2D eigenvalue weighted by molar-refractivity contribution is 0.0890. The minimum Gasteiger partial charge on any atom is -0.508 e. The van der Waals surface area contributed by atoms with Crippen molar-refractivity contribution in [2.45, 2.75) is 39.2 Å². The Balaban J connectivity index is 2.08. The number of rotatable bonds is 2. The molecule has 0 aliphatic heterocycles. The molecule has 4 heteroatoms. The SMILES string of the molecule is CC1CCCC(NC(=O)c2cc(O)cc(O)c2)C1C. The van der Waals surface area contributed by atoms with Crippen LogP contribution in [0.5, 0.6) is 11.5 Å². The van der Waals surface area contributed by atoms with Crippen LogP contribution >= 0.6 is 0 Å². The van der Waals surface area contributed by atoms with Gasteiger partial charge in [-0.2, -0.15) is 0 Å². The molecule has 1 aromatic rings. The second-order valence-electron chi connectivity index (χ2n) is 5.59. The van der Waals surface area contributed by atoms with Gasteiger partial charge in [0.25, 0.3) is 5.91 Å². The van der Waals surface area contributed by atoms with Gasteiger partial charge in [0.1, 0.15) is 11.5 Å². The molecule has 1 aromatic carbocycles. The fourth-order valence-electron chi connectivity index (χ4n) is 2.76. The van der Waals surface area contributed by atoms with Crippen LogP contribution in [0.3, 0.4) is 0 Å². The lowest BCUT2D eigenvalue weighted by Crippen LogP contribution is -2.43. The first-order valence-electron chi connectivity index (χ1n) is 6.81. The van der Waals surface area contributed by atoms with Crippen LogP contribution < -0.4 is 5.32 Å². The number of nitrogens with one attached hydrogen (secondary N) is 1. The summed E-state index contributed by atoms with van der Waals surface area (Å²) < 4.78 is 0. The van der Waals surface area contributed by atoms with E-state index in [0.29, 0.717) is 17.4 Å². The van der Waals surface area contributed by atoms with Crippen molar-refractivity contribution >= 4 is 5.91 Å². The maximum Gasteiger partial charge on any atom is 0.251 e. The number of benzene rings is 1.